The number of nitrogens with two attached hydrogens (primary N) is 1. The third kappa shape index (κ3) is 2.53. The molecule has 0 radical (unpaired) electrons. The second kappa shape index (κ2) is 4.89. The van der Waals surface area contributed by atoms with Crippen LogP contribution in [0.25, 0.3) is 0 Å². The van der Waals surface area contributed by atoms with Gasteiger partial charge in [0.15, 0.2) is 0 Å². The van der Waals surface area contributed by atoms with Crippen LogP contribution in [0, 0.1) is 0 Å². The van der Waals surface area contributed by atoms with Gasteiger partial charge in [-0.1, -0.05) is 6.07 Å². The van der Waals surface area contributed by atoms with Crippen molar-refractivity contribution >= 4 is 11.8 Å². The predicted octanol–water partition coefficient (Wildman–Crippen LogP) is 0.233. The molecule has 1 aromatic carbocycles. The van der Waals surface area contributed by atoms with Crippen molar-refractivity contribution < 1.29 is 19.4 Å². The molecule has 2 rings (SSSR count). The topological polar surface area (TPSA) is 92.9 Å². The first-order valence-corrected chi connectivity index (χ1v) is 5.95. The molecular weight excluding hydrogens is 248 g/mol. The van der Waals surface area contributed by atoms with Gasteiger partial charge in [0.05, 0.1) is 6.04 Å². The van der Waals surface area contributed by atoms with Crippen LogP contribution in [0.5, 0.6) is 5.75 Å². The minimum Gasteiger partial charge on any atom is -0.463 e. The number of rotatable bonds is 1. The smallest absolute Gasteiger partial charge is 0.248 e. The molecule has 2 amide bonds. The Bertz CT molecular complexity index is 529. The van der Waals surface area contributed by atoms with Gasteiger partial charge < -0.3 is 20.5 Å². The molecule has 102 valence electrons. The van der Waals surface area contributed by atoms with Gasteiger partial charge in [0.25, 0.3) is 0 Å². The summed E-state index contributed by atoms with van der Waals surface area (Å²) in [6, 6.07) is 4.26. The lowest BCUT2D eigenvalue weighted by molar-refractivity contribution is -0.139. The molecule has 2 atom stereocenters. The molecule has 0 spiro atoms. The number of fused-ring (bicyclic) bond motifs is 1. The van der Waals surface area contributed by atoms with E-state index in [1.807, 2.05) is 0 Å². The zero-order valence-corrected chi connectivity index (χ0v) is 10.8. The Morgan fingerprint density at radius 1 is 1.47 bits per heavy atom. The number of primary amides is 1. The fourth-order valence-electron chi connectivity index (χ4n) is 2.06. The van der Waals surface area contributed by atoms with Gasteiger partial charge in [-0.3, -0.25) is 9.59 Å². The zero-order valence-electron chi connectivity index (χ0n) is 10.8. The Balaban J connectivity index is 2.42. The minimum absolute atomic E-state index is 0.151. The van der Waals surface area contributed by atoms with Crippen LogP contribution in [0.1, 0.15) is 29.8 Å². The van der Waals surface area contributed by atoms with E-state index >= 15 is 0 Å². The van der Waals surface area contributed by atoms with Crippen molar-refractivity contribution in [3.8, 4) is 5.75 Å². The average molecular weight is 264 g/mol. The number of benzene rings is 1. The Morgan fingerprint density at radius 2 is 2.16 bits per heavy atom. The van der Waals surface area contributed by atoms with Crippen molar-refractivity contribution in [2.45, 2.75) is 32.7 Å². The summed E-state index contributed by atoms with van der Waals surface area (Å²) in [5.74, 6) is -0.344. The van der Waals surface area contributed by atoms with E-state index in [0.29, 0.717) is 17.9 Å². The van der Waals surface area contributed by atoms with Gasteiger partial charge in [0.1, 0.15) is 5.75 Å². The van der Waals surface area contributed by atoms with Gasteiger partial charge in [-0.2, -0.15) is 0 Å². The number of carbonyl (C=O) groups excluding carboxylic acids is 2. The summed E-state index contributed by atoms with van der Waals surface area (Å²) in [7, 11) is 0. The lowest BCUT2D eigenvalue weighted by Gasteiger charge is -2.27. The molecule has 0 saturated heterocycles. The number of hydrogen-bond acceptors (Lipinski definition) is 4. The molecule has 6 heteroatoms. The van der Waals surface area contributed by atoms with Crippen LogP contribution in [0.3, 0.4) is 0 Å². The summed E-state index contributed by atoms with van der Waals surface area (Å²) in [4.78, 5) is 24.2. The van der Waals surface area contributed by atoms with Crippen molar-refractivity contribution in [2.75, 3.05) is 0 Å². The number of aliphatic hydroxyl groups excluding tert-OH is 1. The van der Waals surface area contributed by atoms with Gasteiger partial charge in [-0.15, -0.1) is 0 Å². The van der Waals surface area contributed by atoms with Gasteiger partial charge in [-0.25, -0.2) is 0 Å². The van der Waals surface area contributed by atoms with Crippen molar-refractivity contribution in [3.05, 3.63) is 29.3 Å². The Hall–Kier alpha value is -2.08. The fraction of sp³-hybridized carbons (Fsp3) is 0.385. The number of carbonyl (C=O) groups is 2. The number of nitrogens with zero attached hydrogens (tertiary/aromatic N) is 1. The van der Waals surface area contributed by atoms with E-state index < -0.39 is 18.2 Å². The van der Waals surface area contributed by atoms with E-state index in [9.17, 15) is 14.7 Å². The largest absolute Gasteiger partial charge is 0.463 e. The van der Waals surface area contributed by atoms with E-state index in [0.717, 1.165) is 5.56 Å². The van der Waals surface area contributed by atoms with Crippen LogP contribution >= 0.6 is 0 Å². The van der Waals surface area contributed by atoms with E-state index in [1.54, 1.807) is 19.1 Å². The highest BCUT2D eigenvalue weighted by Crippen LogP contribution is 2.28. The Morgan fingerprint density at radius 3 is 2.74 bits per heavy atom. The molecule has 1 aliphatic heterocycles. The first-order valence-electron chi connectivity index (χ1n) is 5.95. The summed E-state index contributed by atoms with van der Waals surface area (Å²) >= 11 is 0. The Kier molecular flexibility index (Phi) is 3.44. The minimum atomic E-state index is -1.15. The first kappa shape index (κ1) is 13.4. The van der Waals surface area contributed by atoms with Crippen molar-refractivity contribution in [1.82, 2.24) is 4.90 Å². The summed E-state index contributed by atoms with van der Waals surface area (Å²) in [6.45, 7) is 3.46. The Labute approximate surface area is 110 Å². The molecule has 0 aromatic heterocycles. The maximum absolute atomic E-state index is 11.6. The highest BCUT2D eigenvalue weighted by atomic mass is 16.6. The van der Waals surface area contributed by atoms with Gasteiger partial charge in [-0.05, 0) is 19.1 Å². The lowest BCUT2D eigenvalue weighted by Crippen LogP contribution is -2.44. The summed E-state index contributed by atoms with van der Waals surface area (Å²) in [5, 5.41) is 9.92. The van der Waals surface area contributed by atoms with Crippen LogP contribution in [0.2, 0.25) is 0 Å². The number of ether oxygens (including phenoxy) is 1. The summed E-state index contributed by atoms with van der Waals surface area (Å²) in [5.41, 5.74) is 6.23. The summed E-state index contributed by atoms with van der Waals surface area (Å²) in [6.07, 6.45) is -1.15. The SMILES string of the molecule is CC(=O)N1Cc2ccc(C(N)=O)cc2O[C@@H](O)[C@H]1C. The molecule has 0 fully saturated rings. The van der Waals surface area contributed by atoms with Crippen LogP contribution in [-0.4, -0.2) is 34.2 Å². The molecule has 0 aliphatic carbocycles. The molecule has 1 heterocycles. The predicted molar refractivity (Wildman–Crippen MR) is 67.3 cm³/mol. The molecule has 0 unspecified atom stereocenters. The lowest BCUT2D eigenvalue weighted by atomic mass is 10.1. The molecular formula is C13H16N2O4. The molecule has 0 bridgehead atoms. The molecule has 0 saturated carbocycles. The number of aliphatic hydroxyl groups is 1. The van der Waals surface area contributed by atoms with Gasteiger partial charge >= 0.3 is 0 Å². The van der Waals surface area contributed by atoms with Crippen LogP contribution in [-0.2, 0) is 11.3 Å². The second-order valence-corrected chi connectivity index (χ2v) is 4.58. The zero-order chi connectivity index (χ0) is 14.2. The monoisotopic (exact) mass is 264 g/mol. The third-order valence-electron chi connectivity index (χ3n) is 3.25. The quantitative estimate of drug-likeness (QED) is 0.759. The normalized spacial score (nSPS) is 22.2. The van der Waals surface area contributed by atoms with Gasteiger partial charge in [0.2, 0.25) is 18.1 Å². The van der Waals surface area contributed by atoms with Crippen molar-refractivity contribution in [2.24, 2.45) is 5.73 Å². The fourth-order valence-corrected chi connectivity index (χ4v) is 2.06. The highest BCUT2D eigenvalue weighted by Gasteiger charge is 2.30. The van der Waals surface area contributed by atoms with Crippen molar-refractivity contribution in [3.63, 3.8) is 0 Å². The molecule has 6 nitrogen and oxygen atoms in total. The number of hydrogen-bond donors (Lipinski definition) is 2. The van der Waals surface area contributed by atoms with Crippen molar-refractivity contribution in [1.29, 1.82) is 0 Å². The molecule has 3 N–H and O–H groups in total. The summed E-state index contributed by atoms with van der Waals surface area (Å²) < 4.78 is 5.39. The molecule has 1 aliphatic rings. The van der Waals surface area contributed by atoms with E-state index in [-0.39, 0.29) is 5.91 Å². The van der Waals surface area contributed by atoms with Crippen LogP contribution in [0.4, 0.5) is 0 Å². The van der Waals surface area contributed by atoms with E-state index in [2.05, 4.69) is 0 Å². The maximum atomic E-state index is 11.6. The van der Waals surface area contributed by atoms with Gasteiger partial charge in [0, 0.05) is 24.6 Å². The average Bonchev–Trinajstić information content (AvgIpc) is 2.46. The third-order valence-corrected chi connectivity index (χ3v) is 3.25. The number of amides is 2. The molecule has 1 aromatic rings. The standard InChI is InChI=1S/C13H16N2O4/c1-7-13(18)19-11-5-9(12(14)17)3-4-10(11)6-15(7)8(2)16/h3-5,7,13,18H,6H2,1-2H3,(H2,14,17)/t7-,13-/m1/s1. The second-order valence-electron chi connectivity index (χ2n) is 4.58. The van der Waals surface area contributed by atoms with E-state index in [4.69, 9.17) is 10.5 Å². The molecule has 19 heavy (non-hydrogen) atoms. The maximum Gasteiger partial charge on any atom is 0.248 e. The van der Waals surface area contributed by atoms with E-state index in [1.165, 1.54) is 17.9 Å². The van der Waals surface area contributed by atoms with Crippen LogP contribution in [0.15, 0.2) is 18.2 Å². The van der Waals surface area contributed by atoms with Crippen LogP contribution < -0.4 is 10.5 Å². The highest BCUT2D eigenvalue weighted by molar-refractivity contribution is 5.93. The first-order chi connectivity index (χ1) is 8.90.